The first-order chi connectivity index (χ1) is 14.1. The van der Waals surface area contributed by atoms with E-state index in [9.17, 15) is 4.79 Å². The van der Waals surface area contributed by atoms with Gasteiger partial charge in [0.25, 0.3) is 0 Å². The number of aliphatic hydroxyl groups excluding tert-OH is 1. The molecule has 158 valence electrons. The maximum Gasteiger partial charge on any atom is 0.243 e. The fraction of sp³-hybridized carbons (Fsp3) is 0.696. The summed E-state index contributed by atoms with van der Waals surface area (Å²) in [6.45, 7) is 4.47. The number of carbonyl (C=O) groups excluding carboxylic acids is 1. The molecular weight excluding hydrogens is 366 g/mol. The Morgan fingerprint density at radius 1 is 1.24 bits per heavy atom. The third kappa shape index (κ3) is 3.07. The van der Waals surface area contributed by atoms with Crippen LogP contribution in [0.2, 0.25) is 0 Å². The predicted molar refractivity (Wildman–Crippen MR) is 111 cm³/mol. The Morgan fingerprint density at radius 2 is 2.07 bits per heavy atom. The summed E-state index contributed by atoms with van der Waals surface area (Å²) in [5.41, 5.74) is 0.977. The summed E-state index contributed by atoms with van der Waals surface area (Å²) in [5, 5.41) is 9.04. The first kappa shape index (κ1) is 19.3. The van der Waals surface area contributed by atoms with Crippen molar-refractivity contribution in [3.63, 3.8) is 0 Å². The van der Waals surface area contributed by atoms with Crippen molar-refractivity contribution in [1.82, 2.24) is 14.7 Å². The third-order valence-corrected chi connectivity index (χ3v) is 7.81. The number of ether oxygens (including phenoxy) is 1. The first-order valence-electron chi connectivity index (χ1n) is 11.2. The summed E-state index contributed by atoms with van der Waals surface area (Å²) in [5.74, 6) is 1.65. The Kier molecular flexibility index (Phi) is 5.04. The number of piperidine rings is 1. The molecule has 1 spiro atoms. The van der Waals surface area contributed by atoms with E-state index in [1.807, 2.05) is 12.1 Å². The summed E-state index contributed by atoms with van der Waals surface area (Å²) in [4.78, 5) is 20.9. The minimum Gasteiger partial charge on any atom is -0.491 e. The Bertz CT molecular complexity index is 763. The summed E-state index contributed by atoms with van der Waals surface area (Å²) in [6, 6.07) is 8.97. The normalized spacial score (nSPS) is 33.3. The molecule has 3 atom stereocenters. The number of aliphatic hydroxyl groups is 1. The molecule has 5 rings (SSSR count). The summed E-state index contributed by atoms with van der Waals surface area (Å²) >= 11 is 0. The number of amides is 1. The molecule has 4 fully saturated rings. The number of rotatable bonds is 5. The third-order valence-electron chi connectivity index (χ3n) is 7.81. The Hall–Kier alpha value is -1.63. The van der Waals surface area contributed by atoms with E-state index in [4.69, 9.17) is 9.84 Å². The molecule has 4 aliphatic rings. The average Bonchev–Trinajstić information content (AvgIpc) is 3.37. The van der Waals surface area contributed by atoms with Gasteiger partial charge in [0.15, 0.2) is 0 Å². The van der Waals surface area contributed by atoms with E-state index >= 15 is 0 Å². The molecule has 1 amide bonds. The van der Waals surface area contributed by atoms with Gasteiger partial charge >= 0.3 is 0 Å². The largest absolute Gasteiger partial charge is 0.491 e. The van der Waals surface area contributed by atoms with Crippen LogP contribution in [-0.2, 0) is 4.79 Å². The molecule has 4 heterocycles. The summed E-state index contributed by atoms with van der Waals surface area (Å²) in [7, 11) is 2.18. The van der Waals surface area contributed by atoms with E-state index in [0.717, 1.165) is 64.0 Å². The van der Waals surface area contributed by atoms with Gasteiger partial charge < -0.3 is 19.6 Å². The maximum atomic E-state index is 13.8. The number of benzene rings is 1. The number of hydrogen-bond acceptors (Lipinski definition) is 5. The molecule has 1 aromatic carbocycles. The van der Waals surface area contributed by atoms with Crippen LogP contribution in [-0.4, -0.2) is 83.7 Å². The lowest BCUT2D eigenvalue weighted by molar-refractivity contribution is -0.139. The monoisotopic (exact) mass is 399 g/mol. The lowest BCUT2D eigenvalue weighted by atomic mass is 9.85. The highest BCUT2D eigenvalue weighted by Crippen LogP contribution is 2.56. The SMILES string of the molecule is CN1CCC(N2C[C@@H]3C[C@@H](c4cccc(OCCO)c4)N4CCC[C@@]34C2=O)CC1. The van der Waals surface area contributed by atoms with Crippen molar-refractivity contribution in [2.75, 3.05) is 46.4 Å². The minimum absolute atomic E-state index is 0.0201. The molecule has 4 aliphatic heterocycles. The van der Waals surface area contributed by atoms with Crippen LogP contribution in [0.25, 0.3) is 0 Å². The second-order valence-corrected chi connectivity index (χ2v) is 9.31. The zero-order valence-corrected chi connectivity index (χ0v) is 17.4. The van der Waals surface area contributed by atoms with E-state index < -0.39 is 0 Å². The van der Waals surface area contributed by atoms with E-state index in [1.165, 1.54) is 5.56 Å². The number of hydrogen-bond donors (Lipinski definition) is 1. The van der Waals surface area contributed by atoms with Gasteiger partial charge in [0, 0.05) is 24.5 Å². The van der Waals surface area contributed by atoms with Crippen LogP contribution in [0.3, 0.4) is 0 Å². The highest BCUT2D eigenvalue weighted by atomic mass is 16.5. The zero-order chi connectivity index (χ0) is 20.0. The molecule has 0 saturated carbocycles. The van der Waals surface area contributed by atoms with Crippen LogP contribution in [0.1, 0.15) is 43.7 Å². The van der Waals surface area contributed by atoms with Gasteiger partial charge in [0.2, 0.25) is 5.91 Å². The lowest BCUT2D eigenvalue weighted by Crippen LogP contribution is -2.52. The topological polar surface area (TPSA) is 56.2 Å². The first-order valence-corrected chi connectivity index (χ1v) is 11.2. The highest BCUT2D eigenvalue weighted by molar-refractivity contribution is 5.90. The Labute approximate surface area is 173 Å². The molecule has 6 heteroatoms. The van der Waals surface area contributed by atoms with E-state index in [2.05, 4.69) is 33.9 Å². The second-order valence-electron chi connectivity index (χ2n) is 9.31. The van der Waals surface area contributed by atoms with Gasteiger partial charge in [-0.1, -0.05) is 12.1 Å². The maximum absolute atomic E-state index is 13.8. The van der Waals surface area contributed by atoms with Crippen molar-refractivity contribution in [2.45, 2.75) is 49.7 Å². The van der Waals surface area contributed by atoms with Crippen molar-refractivity contribution in [3.05, 3.63) is 29.8 Å². The molecule has 0 aromatic heterocycles. The van der Waals surface area contributed by atoms with Gasteiger partial charge in [-0.2, -0.15) is 0 Å². The van der Waals surface area contributed by atoms with E-state index in [0.29, 0.717) is 30.5 Å². The molecule has 1 aromatic rings. The fourth-order valence-corrected chi connectivity index (χ4v) is 6.44. The van der Waals surface area contributed by atoms with Crippen molar-refractivity contribution in [3.8, 4) is 5.75 Å². The van der Waals surface area contributed by atoms with Crippen LogP contribution in [0.15, 0.2) is 24.3 Å². The van der Waals surface area contributed by atoms with Crippen molar-refractivity contribution in [2.24, 2.45) is 5.92 Å². The molecule has 1 N–H and O–H groups in total. The molecule has 6 nitrogen and oxygen atoms in total. The molecule has 4 saturated heterocycles. The van der Waals surface area contributed by atoms with E-state index in [1.54, 1.807) is 0 Å². The standard InChI is InChI=1S/C23H33N3O3/c1-24-10-6-19(7-11-24)25-16-18-15-21(26-9-3-8-23(18,26)22(25)28)17-4-2-5-20(14-17)29-13-12-27/h2,4-5,14,18-19,21,27H,3,6-13,15-16H2,1H3/t18-,21-,23-/m0/s1. The molecular formula is C23H33N3O3. The van der Waals surface area contributed by atoms with Crippen molar-refractivity contribution in [1.29, 1.82) is 0 Å². The molecule has 0 unspecified atom stereocenters. The average molecular weight is 400 g/mol. The molecule has 0 radical (unpaired) electrons. The van der Waals surface area contributed by atoms with Gasteiger partial charge in [0.1, 0.15) is 17.9 Å². The number of carbonyl (C=O) groups is 1. The van der Waals surface area contributed by atoms with Crippen LogP contribution in [0, 0.1) is 5.92 Å². The molecule has 29 heavy (non-hydrogen) atoms. The smallest absolute Gasteiger partial charge is 0.243 e. The molecule has 0 bridgehead atoms. The zero-order valence-electron chi connectivity index (χ0n) is 17.4. The van der Waals surface area contributed by atoms with Gasteiger partial charge in [-0.25, -0.2) is 0 Å². The highest BCUT2D eigenvalue weighted by Gasteiger charge is 2.65. The lowest BCUT2D eigenvalue weighted by Gasteiger charge is -2.38. The van der Waals surface area contributed by atoms with Gasteiger partial charge in [-0.05, 0) is 76.5 Å². The van der Waals surface area contributed by atoms with Gasteiger partial charge in [0.05, 0.1) is 6.61 Å². The molecule has 0 aliphatic carbocycles. The van der Waals surface area contributed by atoms with Crippen molar-refractivity contribution < 1.29 is 14.6 Å². The van der Waals surface area contributed by atoms with Crippen LogP contribution < -0.4 is 4.74 Å². The second kappa shape index (κ2) is 7.56. The summed E-state index contributed by atoms with van der Waals surface area (Å²) in [6.07, 6.45) is 5.40. The fourth-order valence-electron chi connectivity index (χ4n) is 6.44. The van der Waals surface area contributed by atoms with Gasteiger partial charge in [-0.3, -0.25) is 9.69 Å². The summed E-state index contributed by atoms with van der Waals surface area (Å²) < 4.78 is 5.64. The predicted octanol–water partition coefficient (Wildman–Crippen LogP) is 1.89. The van der Waals surface area contributed by atoms with Crippen LogP contribution in [0.5, 0.6) is 5.75 Å². The quantitative estimate of drug-likeness (QED) is 0.820. The van der Waals surface area contributed by atoms with Gasteiger partial charge in [-0.15, -0.1) is 0 Å². The Morgan fingerprint density at radius 3 is 2.86 bits per heavy atom. The van der Waals surface area contributed by atoms with Crippen molar-refractivity contribution >= 4 is 5.91 Å². The number of likely N-dealkylation sites (tertiary alicyclic amines) is 2. The minimum atomic E-state index is -0.268. The van der Waals surface area contributed by atoms with Crippen LogP contribution >= 0.6 is 0 Å². The van der Waals surface area contributed by atoms with Crippen LogP contribution in [0.4, 0.5) is 0 Å². The Balaban J connectivity index is 1.37. The van der Waals surface area contributed by atoms with E-state index in [-0.39, 0.29) is 12.1 Å². The number of nitrogens with zero attached hydrogens (tertiary/aromatic N) is 3.